The Hall–Kier alpha value is -1.66. The second kappa shape index (κ2) is 79.8. The lowest BCUT2D eigenvalue weighted by Gasteiger charge is -2.22. The molecule has 1 amide bonds. The summed E-state index contributed by atoms with van der Waals surface area (Å²) < 4.78 is 5.51. The molecular weight excluding hydrogens is 1100 g/mol. The lowest BCUT2D eigenvalue weighted by Crippen LogP contribution is -2.45. The summed E-state index contributed by atoms with van der Waals surface area (Å²) in [5, 5.41) is 23.5. The van der Waals surface area contributed by atoms with Crippen molar-refractivity contribution in [1.29, 1.82) is 0 Å². The molecule has 0 saturated carbocycles. The summed E-state index contributed by atoms with van der Waals surface area (Å²) in [4.78, 5) is 24.7. The van der Waals surface area contributed by atoms with Crippen molar-refractivity contribution in [3.8, 4) is 0 Å². The molecule has 0 saturated heterocycles. The van der Waals surface area contributed by atoms with Gasteiger partial charge in [-0.1, -0.05) is 430 Å². The van der Waals surface area contributed by atoms with Crippen LogP contribution < -0.4 is 5.32 Å². The van der Waals surface area contributed by atoms with Crippen LogP contribution in [-0.4, -0.2) is 47.4 Å². The minimum absolute atomic E-state index is 0.0189. The van der Waals surface area contributed by atoms with E-state index in [-0.39, 0.29) is 18.5 Å². The molecule has 6 nitrogen and oxygen atoms in total. The quantitative estimate of drug-likeness (QED) is 0.0320. The summed E-state index contributed by atoms with van der Waals surface area (Å²) in [5.41, 5.74) is 0. The van der Waals surface area contributed by atoms with E-state index in [9.17, 15) is 19.8 Å². The van der Waals surface area contributed by atoms with E-state index in [0.29, 0.717) is 25.9 Å². The maximum atomic E-state index is 12.6. The molecule has 0 heterocycles. The highest BCUT2D eigenvalue weighted by Crippen LogP contribution is 2.20. The third-order valence-electron chi connectivity index (χ3n) is 19.8. The maximum Gasteiger partial charge on any atom is 0.305 e. The van der Waals surface area contributed by atoms with E-state index in [4.69, 9.17) is 4.74 Å². The van der Waals surface area contributed by atoms with Gasteiger partial charge in [0.25, 0.3) is 0 Å². The van der Waals surface area contributed by atoms with E-state index in [2.05, 4.69) is 43.5 Å². The Morgan fingerprint density at radius 1 is 0.311 bits per heavy atom. The molecule has 0 aliphatic rings. The predicted molar refractivity (Wildman–Crippen MR) is 398 cm³/mol. The summed E-state index contributed by atoms with van der Waals surface area (Å²) >= 11 is 0. The van der Waals surface area contributed by atoms with Crippen LogP contribution in [0.3, 0.4) is 0 Å². The normalized spacial score (nSPS) is 12.5. The molecule has 0 aliphatic heterocycles. The first-order valence-corrected chi connectivity index (χ1v) is 41.6. The fourth-order valence-electron chi connectivity index (χ4n) is 13.4. The molecule has 0 radical (unpaired) electrons. The third-order valence-corrected chi connectivity index (χ3v) is 19.8. The van der Waals surface area contributed by atoms with Crippen molar-refractivity contribution in [3.05, 3.63) is 24.3 Å². The van der Waals surface area contributed by atoms with Gasteiger partial charge in [0, 0.05) is 12.8 Å². The molecule has 0 aromatic heterocycles. The van der Waals surface area contributed by atoms with Gasteiger partial charge in [0.05, 0.1) is 25.4 Å². The number of rotatable bonds is 79. The number of esters is 1. The van der Waals surface area contributed by atoms with E-state index < -0.39 is 12.1 Å². The largest absolute Gasteiger partial charge is 0.466 e. The molecular formula is C84H163NO5. The number of carbonyl (C=O) groups is 2. The van der Waals surface area contributed by atoms with Crippen LogP contribution in [0.4, 0.5) is 0 Å². The highest BCUT2D eigenvalue weighted by molar-refractivity contribution is 5.76. The van der Waals surface area contributed by atoms with Crippen LogP contribution in [0.2, 0.25) is 0 Å². The first kappa shape index (κ1) is 88.3. The number of unbranched alkanes of at least 4 members (excludes halogenated alkanes) is 64. The van der Waals surface area contributed by atoms with Crippen molar-refractivity contribution >= 4 is 11.9 Å². The van der Waals surface area contributed by atoms with Gasteiger partial charge in [-0.3, -0.25) is 9.59 Å². The number of ether oxygens (including phenoxy) is 1. The second-order valence-electron chi connectivity index (χ2n) is 28.8. The lowest BCUT2D eigenvalue weighted by molar-refractivity contribution is -0.143. The van der Waals surface area contributed by atoms with Crippen molar-refractivity contribution in [1.82, 2.24) is 5.32 Å². The third kappa shape index (κ3) is 75.4. The highest BCUT2D eigenvalue weighted by Gasteiger charge is 2.20. The maximum absolute atomic E-state index is 12.6. The Bertz CT molecular complexity index is 1410. The summed E-state index contributed by atoms with van der Waals surface area (Å²) in [6.07, 6.45) is 103. The van der Waals surface area contributed by atoms with Crippen LogP contribution in [0.15, 0.2) is 24.3 Å². The number of allylic oxidation sites excluding steroid dienone is 4. The fraction of sp³-hybridized carbons (Fsp3) is 0.929. The number of nitrogens with one attached hydrogen (secondary N) is 1. The van der Waals surface area contributed by atoms with Crippen molar-refractivity contribution in [2.75, 3.05) is 13.2 Å². The smallest absolute Gasteiger partial charge is 0.305 e. The predicted octanol–water partition coefficient (Wildman–Crippen LogP) is 27.6. The fourth-order valence-corrected chi connectivity index (χ4v) is 13.4. The molecule has 0 fully saturated rings. The Labute approximate surface area is 564 Å². The number of aliphatic hydroxyl groups is 2. The minimum atomic E-state index is -0.666. The number of aliphatic hydroxyl groups excluding tert-OH is 2. The zero-order valence-corrected chi connectivity index (χ0v) is 61.4. The van der Waals surface area contributed by atoms with Crippen LogP contribution in [0, 0.1) is 0 Å². The zero-order valence-electron chi connectivity index (χ0n) is 61.4. The molecule has 0 aromatic carbocycles. The molecule has 3 N–H and O–H groups in total. The van der Waals surface area contributed by atoms with E-state index in [1.807, 2.05) is 0 Å². The van der Waals surface area contributed by atoms with Crippen LogP contribution >= 0.6 is 0 Å². The molecule has 0 aliphatic carbocycles. The molecule has 2 atom stereocenters. The van der Waals surface area contributed by atoms with Gasteiger partial charge < -0.3 is 20.3 Å². The molecule has 534 valence electrons. The Morgan fingerprint density at radius 2 is 0.556 bits per heavy atom. The van der Waals surface area contributed by atoms with Gasteiger partial charge >= 0.3 is 5.97 Å². The van der Waals surface area contributed by atoms with Crippen LogP contribution in [0.5, 0.6) is 0 Å². The zero-order chi connectivity index (χ0) is 64.9. The molecule has 0 rings (SSSR count). The Balaban J connectivity index is 3.37. The van der Waals surface area contributed by atoms with Gasteiger partial charge in [0.2, 0.25) is 5.91 Å². The van der Waals surface area contributed by atoms with Crippen LogP contribution in [-0.2, 0) is 14.3 Å². The standard InChI is InChI=1S/C84H163NO5/c1-3-5-7-9-11-13-15-17-19-21-23-24-25-35-38-41-44-48-52-56-60-64-68-72-76-82(87)81(80-86)85-83(88)77-73-69-65-61-57-53-49-45-42-39-36-33-31-29-27-26-28-30-32-34-37-40-43-47-51-55-59-63-67-71-75-79-90-84(89)78-74-70-66-62-58-54-50-46-22-20-18-16-14-12-10-8-6-4-2/h28,30,34,37,81-82,86-87H,3-27,29,31-33,35-36,38-80H2,1-2H3,(H,85,88)/b30-28-,37-34-. The van der Waals surface area contributed by atoms with Crippen LogP contribution in [0.25, 0.3) is 0 Å². The Kier molecular flexibility index (Phi) is 78.3. The average Bonchev–Trinajstić information content (AvgIpc) is 3.71. The van der Waals surface area contributed by atoms with Crippen molar-refractivity contribution in [3.63, 3.8) is 0 Å². The van der Waals surface area contributed by atoms with Gasteiger partial charge in [-0.15, -0.1) is 0 Å². The highest BCUT2D eigenvalue weighted by atomic mass is 16.5. The molecule has 2 unspecified atom stereocenters. The first-order valence-electron chi connectivity index (χ1n) is 41.6. The molecule has 0 bridgehead atoms. The number of carbonyl (C=O) groups excluding carboxylic acids is 2. The summed E-state index contributed by atoms with van der Waals surface area (Å²) in [6.45, 7) is 5.01. The van der Waals surface area contributed by atoms with E-state index in [1.165, 1.54) is 398 Å². The number of amides is 1. The van der Waals surface area contributed by atoms with Gasteiger partial charge in [-0.05, 0) is 57.8 Å². The van der Waals surface area contributed by atoms with Crippen molar-refractivity contribution in [2.45, 2.75) is 488 Å². The minimum Gasteiger partial charge on any atom is -0.466 e. The molecule has 0 spiro atoms. The van der Waals surface area contributed by atoms with Gasteiger partial charge in [0.15, 0.2) is 0 Å². The molecule has 6 heteroatoms. The monoisotopic (exact) mass is 1270 g/mol. The van der Waals surface area contributed by atoms with Gasteiger partial charge in [0.1, 0.15) is 0 Å². The average molecular weight is 1270 g/mol. The first-order chi connectivity index (χ1) is 44.5. The summed E-state index contributed by atoms with van der Waals surface area (Å²) in [6, 6.07) is -0.543. The van der Waals surface area contributed by atoms with E-state index >= 15 is 0 Å². The lowest BCUT2D eigenvalue weighted by atomic mass is 10.0. The van der Waals surface area contributed by atoms with E-state index in [1.54, 1.807) is 0 Å². The number of hydrogen-bond donors (Lipinski definition) is 3. The van der Waals surface area contributed by atoms with Crippen LogP contribution in [0.1, 0.15) is 476 Å². The summed E-state index contributed by atoms with van der Waals surface area (Å²) in [5.74, 6) is -0.00952. The Morgan fingerprint density at radius 3 is 0.844 bits per heavy atom. The number of hydrogen-bond acceptors (Lipinski definition) is 5. The topological polar surface area (TPSA) is 95.9 Å². The van der Waals surface area contributed by atoms with E-state index in [0.717, 1.165) is 44.9 Å². The molecule has 0 aromatic rings. The van der Waals surface area contributed by atoms with Crippen molar-refractivity contribution in [2.24, 2.45) is 0 Å². The summed E-state index contributed by atoms with van der Waals surface area (Å²) in [7, 11) is 0. The van der Waals surface area contributed by atoms with Gasteiger partial charge in [-0.2, -0.15) is 0 Å². The second-order valence-corrected chi connectivity index (χ2v) is 28.8. The molecule has 90 heavy (non-hydrogen) atoms. The van der Waals surface area contributed by atoms with Gasteiger partial charge in [-0.25, -0.2) is 0 Å². The van der Waals surface area contributed by atoms with Crippen molar-refractivity contribution < 1.29 is 24.5 Å². The SMILES string of the molecule is CCCCCCCCCCCCCCCCCCCCCCCCCCC(O)C(CO)NC(=O)CCCCCCCCCCCCCCCCC/C=C\C/C=C\CCCCCCCCCCCOC(=O)CCCCCCCCCCCCCCCCCCCC.